The number of imidazole rings is 1. The summed E-state index contributed by atoms with van der Waals surface area (Å²) < 4.78 is 7.91. The molecule has 0 N–H and O–H groups in total. The fourth-order valence-corrected chi connectivity index (χ4v) is 6.56. The molecular formula is C32H32N4O2. The number of rotatable bonds is 6. The number of hydrogen-bond acceptors (Lipinski definition) is 5. The summed E-state index contributed by atoms with van der Waals surface area (Å²) in [5.41, 5.74) is 7.82. The minimum Gasteiger partial charge on any atom is -0.381 e. The van der Waals surface area contributed by atoms with E-state index in [0.717, 1.165) is 71.2 Å². The summed E-state index contributed by atoms with van der Waals surface area (Å²) in [6, 6.07) is 18.8. The van der Waals surface area contributed by atoms with Crippen LogP contribution >= 0.6 is 0 Å². The van der Waals surface area contributed by atoms with Crippen LogP contribution in [0.4, 0.5) is 0 Å². The molecule has 3 aliphatic rings. The quantitative estimate of drug-likeness (QED) is 0.270. The maximum Gasteiger partial charge on any atom is 0.163 e. The molecule has 1 saturated heterocycles. The summed E-state index contributed by atoms with van der Waals surface area (Å²) in [6.45, 7) is 3.56. The van der Waals surface area contributed by atoms with Crippen molar-refractivity contribution in [2.45, 2.75) is 57.4 Å². The van der Waals surface area contributed by atoms with Gasteiger partial charge >= 0.3 is 0 Å². The van der Waals surface area contributed by atoms with Crippen LogP contribution in [0.3, 0.4) is 0 Å². The number of ether oxygens (including phenoxy) is 1. The van der Waals surface area contributed by atoms with Crippen molar-refractivity contribution in [3.8, 4) is 33.9 Å². The van der Waals surface area contributed by atoms with Gasteiger partial charge in [-0.3, -0.25) is 14.8 Å². The van der Waals surface area contributed by atoms with Crippen molar-refractivity contribution >= 4 is 5.78 Å². The Bertz CT molecular complexity index is 1500. The maximum absolute atomic E-state index is 12.9. The van der Waals surface area contributed by atoms with Gasteiger partial charge in [0.2, 0.25) is 0 Å². The molecule has 6 heteroatoms. The Morgan fingerprint density at radius 1 is 0.947 bits per heavy atom. The SMILES string of the molecule is Cc1cccc(-c2nc3n(c2-c2ccnc(-c4ccc(C(=O)CC5CCOCC5)cc4)c2)[C@@H]2CC[C@H]3C2)n1. The first kappa shape index (κ1) is 23.5. The fourth-order valence-electron chi connectivity index (χ4n) is 6.56. The molecule has 5 heterocycles. The van der Waals surface area contributed by atoms with Crippen LogP contribution in [0.15, 0.2) is 60.8 Å². The predicted octanol–water partition coefficient (Wildman–Crippen LogP) is 6.80. The predicted molar refractivity (Wildman–Crippen MR) is 147 cm³/mol. The van der Waals surface area contributed by atoms with E-state index in [1.54, 1.807) is 0 Å². The van der Waals surface area contributed by atoms with Gasteiger partial charge in [-0.1, -0.05) is 30.3 Å². The topological polar surface area (TPSA) is 69.9 Å². The van der Waals surface area contributed by atoms with Crippen molar-refractivity contribution in [3.05, 3.63) is 77.9 Å². The lowest BCUT2D eigenvalue weighted by Gasteiger charge is -2.21. The lowest BCUT2D eigenvalue weighted by Crippen LogP contribution is -2.18. The molecule has 0 spiro atoms. The first-order valence-corrected chi connectivity index (χ1v) is 13.9. The second kappa shape index (κ2) is 9.59. The van der Waals surface area contributed by atoms with Gasteiger partial charge in [-0.25, -0.2) is 4.98 Å². The summed E-state index contributed by atoms with van der Waals surface area (Å²) >= 11 is 0. The number of benzene rings is 1. The van der Waals surface area contributed by atoms with Gasteiger partial charge in [0.25, 0.3) is 0 Å². The third-order valence-electron chi connectivity index (χ3n) is 8.56. The van der Waals surface area contributed by atoms with Crippen molar-refractivity contribution in [2.24, 2.45) is 5.92 Å². The average molecular weight is 505 g/mol. The zero-order valence-electron chi connectivity index (χ0n) is 21.8. The maximum atomic E-state index is 12.9. The number of aryl methyl sites for hydroxylation is 1. The second-order valence-electron chi connectivity index (χ2n) is 11.1. The number of fused-ring (bicyclic) bond motifs is 5. The van der Waals surface area contributed by atoms with E-state index in [2.05, 4.69) is 28.8 Å². The molecule has 2 bridgehead atoms. The van der Waals surface area contributed by atoms with Crippen LogP contribution in [0.25, 0.3) is 33.9 Å². The standard InChI is InChI=1S/C32H32N4O2/c1-20-3-2-4-27(34-20)30-31(36-26-10-9-25(18-26)32(36)35-30)24-11-14-33-28(19-24)22-5-7-23(8-6-22)29(37)17-21-12-15-38-16-13-21/h2-8,11,14,19,21,25-26H,9-10,12-13,15-18H2,1H3/t25-,26+/m0/s1. The lowest BCUT2D eigenvalue weighted by atomic mass is 9.91. The molecule has 0 radical (unpaired) electrons. The summed E-state index contributed by atoms with van der Waals surface area (Å²) in [5.74, 6) is 2.40. The third kappa shape index (κ3) is 4.17. The Morgan fingerprint density at radius 2 is 1.79 bits per heavy atom. The molecule has 0 amide bonds. The Hall–Kier alpha value is -3.64. The van der Waals surface area contributed by atoms with Gasteiger partial charge in [0.05, 0.1) is 17.1 Å². The van der Waals surface area contributed by atoms with E-state index < -0.39 is 0 Å². The highest BCUT2D eigenvalue weighted by Gasteiger charge is 2.41. The Balaban J connectivity index is 1.22. The molecule has 3 aromatic heterocycles. The van der Waals surface area contributed by atoms with Crippen LogP contribution in [0.1, 0.15) is 72.4 Å². The van der Waals surface area contributed by atoms with Gasteiger partial charge in [0, 0.05) is 60.2 Å². The van der Waals surface area contributed by atoms with Gasteiger partial charge in [0.1, 0.15) is 11.5 Å². The largest absolute Gasteiger partial charge is 0.381 e. The number of Topliss-reactive ketones (excluding diaryl/α,β-unsaturated/α-hetero) is 1. The van der Waals surface area contributed by atoms with Gasteiger partial charge in [-0.15, -0.1) is 0 Å². The van der Waals surface area contributed by atoms with Crippen LogP contribution in [0.5, 0.6) is 0 Å². The normalized spacial score (nSPS) is 20.6. The number of carbonyl (C=O) groups excluding carboxylic acids is 1. The molecule has 2 aliphatic heterocycles. The van der Waals surface area contributed by atoms with Crippen molar-refractivity contribution in [1.29, 1.82) is 0 Å². The number of carbonyl (C=O) groups is 1. The number of nitrogens with zero attached hydrogens (tertiary/aromatic N) is 4. The van der Waals surface area contributed by atoms with Gasteiger partial charge in [-0.05, 0) is 69.2 Å². The first-order chi connectivity index (χ1) is 18.6. The van der Waals surface area contributed by atoms with E-state index in [4.69, 9.17) is 19.7 Å². The molecule has 2 atom stereocenters. The molecule has 1 aromatic carbocycles. The molecule has 1 saturated carbocycles. The van der Waals surface area contributed by atoms with Crippen molar-refractivity contribution in [2.75, 3.05) is 13.2 Å². The van der Waals surface area contributed by atoms with Crippen LogP contribution in [-0.4, -0.2) is 38.5 Å². The smallest absolute Gasteiger partial charge is 0.163 e. The van der Waals surface area contributed by atoms with Gasteiger partial charge in [-0.2, -0.15) is 0 Å². The van der Waals surface area contributed by atoms with Gasteiger partial charge in [0.15, 0.2) is 5.78 Å². The lowest BCUT2D eigenvalue weighted by molar-refractivity contribution is 0.0601. The first-order valence-electron chi connectivity index (χ1n) is 13.9. The molecular weight excluding hydrogens is 472 g/mol. The third-order valence-corrected chi connectivity index (χ3v) is 8.56. The highest BCUT2D eigenvalue weighted by atomic mass is 16.5. The van der Waals surface area contributed by atoms with E-state index in [1.807, 2.05) is 43.5 Å². The van der Waals surface area contributed by atoms with Crippen LogP contribution in [0.2, 0.25) is 0 Å². The summed E-state index contributed by atoms with van der Waals surface area (Å²) in [5, 5.41) is 0. The molecule has 38 heavy (non-hydrogen) atoms. The molecule has 4 aromatic rings. The minimum absolute atomic E-state index is 0.213. The van der Waals surface area contributed by atoms with Crippen LogP contribution in [0, 0.1) is 12.8 Å². The molecule has 0 unspecified atom stereocenters. The van der Waals surface area contributed by atoms with Crippen molar-refractivity contribution < 1.29 is 9.53 Å². The average Bonchev–Trinajstić information content (AvgIpc) is 3.67. The summed E-state index contributed by atoms with van der Waals surface area (Å²) in [6.07, 6.45) is 8.06. The zero-order chi connectivity index (χ0) is 25.6. The Kier molecular flexibility index (Phi) is 5.92. The van der Waals surface area contributed by atoms with E-state index in [9.17, 15) is 4.79 Å². The molecule has 6 nitrogen and oxygen atoms in total. The summed E-state index contributed by atoms with van der Waals surface area (Å²) in [4.78, 5) is 27.6. The Morgan fingerprint density at radius 3 is 2.61 bits per heavy atom. The summed E-state index contributed by atoms with van der Waals surface area (Å²) in [7, 11) is 0. The molecule has 1 aliphatic carbocycles. The van der Waals surface area contributed by atoms with Crippen molar-refractivity contribution in [1.82, 2.24) is 19.5 Å². The number of ketones is 1. The van der Waals surface area contributed by atoms with Crippen molar-refractivity contribution in [3.63, 3.8) is 0 Å². The zero-order valence-corrected chi connectivity index (χ0v) is 21.8. The number of pyridine rings is 2. The Labute approximate surface area is 223 Å². The molecule has 7 rings (SSSR count). The molecule has 192 valence electrons. The van der Waals surface area contributed by atoms with Crippen LogP contribution < -0.4 is 0 Å². The number of aromatic nitrogens is 4. The van der Waals surface area contributed by atoms with Gasteiger partial charge < -0.3 is 9.30 Å². The highest BCUT2D eigenvalue weighted by Crippen LogP contribution is 2.52. The molecule has 2 fully saturated rings. The minimum atomic E-state index is 0.213. The second-order valence-corrected chi connectivity index (χ2v) is 11.1. The van der Waals surface area contributed by atoms with E-state index in [-0.39, 0.29) is 5.78 Å². The fraction of sp³-hybridized carbons (Fsp3) is 0.375. The van der Waals surface area contributed by atoms with E-state index in [0.29, 0.717) is 24.3 Å². The number of hydrogen-bond donors (Lipinski definition) is 0. The van der Waals surface area contributed by atoms with E-state index in [1.165, 1.54) is 25.1 Å². The van der Waals surface area contributed by atoms with E-state index >= 15 is 0 Å². The highest BCUT2D eigenvalue weighted by molar-refractivity contribution is 5.96. The monoisotopic (exact) mass is 504 g/mol. The van der Waals surface area contributed by atoms with Crippen LogP contribution in [-0.2, 0) is 4.74 Å².